The number of methoxy groups -OCH3 is 1. The van der Waals surface area contributed by atoms with Crippen LogP contribution in [0.4, 0.5) is 0 Å². The van der Waals surface area contributed by atoms with Gasteiger partial charge >= 0.3 is 0 Å². The summed E-state index contributed by atoms with van der Waals surface area (Å²) in [5.41, 5.74) is 4.44. The van der Waals surface area contributed by atoms with E-state index in [0.717, 1.165) is 41.2 Å². The molecule has 2 aromatic rings. The van der Waals surface area contributed by atoms with E-state index in [1.165, 1.54) is 5.56 Å². The fourth-order valence-electron chi connectivity index (χ4n) is 2.79. The molecule has 1 N–H and O–H groups in total. The first-order valence-electron chi connectivity index (χ1n) is 7.34. The lowest BCUT2D eigenvalue weighted by Crippen LogP contribution is -2.20. The van der Waals surface area contributed by atoms with Crippen molar-refractivity contribution in [2.24, 2.45) is 0 Å². The molecule has 0 spiro atoms. The molecule has 0 saturated heterocycles. The summed E-state index contributed by atoms with van der Waals surface area (Å²) in [4.78, 5) is 4.59. The number of nitrogens with zero attached hydrogens (tertiary/aromatic N) is 1. The minimum absolute atomic E-state index is 0.192. The molecule has 0 aliphatic heterocycles. The average molecular weight is 288 g/mol. The van der Waals surface area contributed by atoms with Gasteiger partial charge in [-0.1, -0.05) is 6.92 Å². The number of likely N-dealkylation sites (N-methyl/N-ethyl adjacent to an activating group) is 1. The van der Waals surface area contributed by atoms with E-state index >= 15 is 0 Å². The van der Waals surface area contributed by atoms with Crippen LogP contribution in [0.2, 0.25) is 0 Å². The molecule has 1 atom stereocenters. The van der Waals surface area contributed by atoms with Gasteiger partial charge in [0.2, 0.25) is 0 Å². The van der Waals surface area contributed by atoms with Gasteiger partial charge in [-0.2, -0.15) is 0 Å². The zero-order valence-corrected chi connectivity index (χ0v) is 13.5. The van der Waals surface area contributed by atoms with Crippen LogP contribution in [0.1, 0.15) is 41.1 Å². The maximum atomic E-state index is 5.54. The van der Waals surface area contributed by atoms with Crippen molar-refractivity contribution in [1.82, 2.24) is 10.3 Å². The van der Waals surface area contributed by atoms with Crippen LogP contribution in [0.25, 0.3) is 0 Å². The van der Waals surface area contributed by atoms with Crippen LogP contribution in [0.3, 0.4) is 0 Å². The van der Waals surface area contributed by atoms with E-state index in [1.54, 1.807) is 13.4 Å². The van der Waals surface area contributed by atoms with Crippen molar-refractivity contribution in [3.8, 4) is 5.75 Å². The molecular formula is C17H24N2O2. The molecule has 0 fully saturated rings. The van der Waals surface area contributed by atoms with Gasteiger partial charge in [0.1, 0.15) is 11.5 Å². The summed E-state index contributed by atoms with van der Waals surface area (Å²) in [5.74, 6) is 1.96. The summed E-state index contributed by atoms with van der Waals surface area (Å²) in [6.07, 6.45) is 5.34. The maximum Gasteiger partial charge on any atom is 0.128 e. The third-order valence-electron chi connectivity index (χ3n) is 3.97. The molecule has 114 valence electrons. The number of aromatic nitrogens is 1. The maximum absolute atomic E-state index is 5.54. The first-order valence-corrected chi connectivity index (χ1v) is 7.34. The van der Waals surface area contributed by atoms with Crippen LogP contribution in [0.5, 0.6) is 5.75 Å². The van der Waals surface area contributed by atoms with Gasteiger partial charge in [0.05, 0.1) is 13.4 Å². The molecule has 0 saturated carbocycles. The molecule has 0 aromatic carbocycles. The van der Waals surface area contributed by atoms with E-state index in [0.29, 0.717) is 0 Å². The van der Waals surface area contributed by atoms with Gasteiger partial charge in [0.15, 0.2) is 0 Å². The molecule has 2 rings (SSSR count). The summed E-state index contributed by atoms with van der Waals surface area (Å²) < 4.78 is 11.0. The zero-order chi connectivity index (χ0) is 15.4. The minimum atomic E-state index is 0.192. The Labute approximate surface area is 126 Å². The van der Waals surface area contributed by atoms with Crippen LogP contribution in [-0.4, -0.2) is 19.1 Å². The van der Waals surface area contributed by atoms with E-state index in [1.807, 2.05) is 26.2 Å². The molecule has 0 amide bonds. The molecule has 4 heteroatoms. The van der Waals surface area contributed by atoms with Gasteiger partial charge in [-0.25, -0.2) is 0 Å². The van der Waals surface area contributed by atoms with Crippen LogP contribution >= 0.6 is 0 Å². The molecule has 0 aliphatic carbocycles. The SMILES string of the molecule is CCc1occc1C(Cc1ncc(C)c(OC)c1C)NC. The van der Waals surface area contributed by atoms with E-state index in [4.69, 9.17) is 9.15 Å². The van der Waals surface area contributed by atoms with Crippen LogP contribution in [-0.2, 0) is 12.8 Å². The van der Waals surface area contributed by atoms with E-state index < -0.39 is 0 Å². The number of hydrogen-bond acceptors (Lipinski definition) is 4. The van der Waals surface area contributed by atoms with Crippen molar-refractivity contribution >= 4 is 0 Å². The minimum Gasteiger partial charge on any atom is -0.496 e. The number of ether oxygens (including phenoxy) is 1. The summed E-state index contributed by atoms with van der Waals surface area (Å²) in [6, 6.07) is 2.23. The molecule has 0 radical (unpaired) electrons. The Kier molecular flexibility index (Phi) is 5.02. The van der Waals surface area contributed by atoms with Gasteiger partial charge < -0.3 is 14.5 Å². The van der Waals surface area contributed by atoms with Crippen molar-refractivity contribution < 1.29 is 9.15 Å². The smallest absolute Gasteiger partial charge is 0.128 e. The molecule has 2 aromatic heterocycles. The third kappa shape index (κ3) is 3.10. The largest absolute Gasteiger partial charge is 0.496 e. The molecule has 0 aliphatic rings. The Morgan fingerprint density at radius 3 is 2.76 bits per heavy atom. The predicted octanol–water partition coefficient (Wildman–Crippen LogP) is 3.37. The molecular weight excluding hydrogens is 264 g/mol. The fraction of sp³-hybridized carbons (Fsp3) is 0.471. The number of hydrogen-bond donors (Lipinski definition) is 1. The molecule has 2 heterocycles. The van der Waals surface area contributed by atoms with Crippen LogP contribution < -0.4 is 10.1 Å². The highest BCUT2D eigenvalue weighted by Crippen LogP contribution is 2.28. The highest BCUT2D eigenvalue weighted by Gasteiger charge is 2.19. The Balaban J connectivity index is 2.31. The number of rotatable bonds is 6. The number of furan rings is 1. The second-order valence-corrected chi connectivity index (χ2v) is 5.24. The first-order chi connectivity index (χ1) is 10.1. The molecule has 1 unspecified atom stereocenters. The second kappa shape index (κ2) is 6.76. The lowest BCUT2D eigenvalue weighted by Gasteiger charge is -2.18. The normalized spacial score (nSPS) is 12.4. The number of nitrogens with one attached hydrogen (secondary N) is 1. The van der Waals surface area contributed by atoms with Crippen molar-refractivity contribution in [2.75, 3.05) is 14.2 Å². The Hall–Kier alpha value is -1.81. The lowest BCUT2D eigenvalue weighted by molar-refractivity contribution is 0.406. The van der Waals surface area contributed by atoms with Gasteiger partial charge in [-0.15, -0.1) is 0 Å². The summed E-state index contributed by atoms with van der Waals surface area (Å²) in [5, 5.41) is 3.37. The average Bonchev–Trinajstić information content (AvgIpc) is 2.95. The van der Waals surface area contributed by atoms with Crippen LogP contribution in [0.15, 0.2) is 22.9 Å². The van der Waals surface area contributed by atoms with Crippen molar-refractivity contribution in [3.63, 3.8) is 0 Å². The van der Waals surface area contributed by atoms with Gasteiger partial charge in [0, 0.05) is 47.5 Å². The van der Waals surface area contributed by atoms with Gasteiger partial charge in [0.25, 0.3) is 0 Å². The Morgan fingerprint density at radius 2 is 2.14 bits per heavy atom. The molecule has 21 heavy (non-hydrogen) atoms. The lowest BCUT2D eigenvalue weighted by atomic mass is 9.98. The molecule has 4 nitrogen and oxygen atoms in total. The quantitative estimate of drug-likeness (QED) is 0.885. The third-order valence-corrected chi connectivity index (χ3v) is 3.97. The summed E-state index contributed by atoms with van der Waals surface area (Å²) in [6.45, 7) is 6.19. The predicted molar refractivity (Wildman–Crippen MR) is 83.9 cm³/mol. The number of aryl methyl sites for hydroxylation is 2. The fourth-order valence-corrected chi connectivity index (χ4v) is 2.79. The number of pyridine rings is 1. The molecule has 0 bridgehead atoms. The Morgan fingerprint density at radius 1 is 1.38 bits per heavy atom. The summed E-state index contributed by atoms with van der Waals surface area (Å²) in [7, 11) is 3.68. The monoisotopic (exact) mass is 288 g/mol. The van der Waals surface area contributed by atoms with E-state index in [-0.39, 0.29) is 6.04 Å². The summed E-state index contributed by atoms with van der Waals surface area (Å²) >= 11 is 0. The van der Waals surface area contributed by atoms with Crippen molar-refractivity contribution in [3.05, 3.63) is 46.7 Å². The first kappa shape index (κ1) is 15.6. The standard InChI is InChI=1S/C17H24N2O2/c1-6-16-13(7-8-21-16)15(18-4)9-14-12(3)17(20-5)11(2)10-19-14/h7-8,10,15,18H,6,9H2,1-5H3. The van der Waals surface area contributed by atoms with E-state index in [2.05, 4.69) is 24.1 Å². The van der Waals surface area contributed by atoms with Crippen molar-refractivity contribution in [1.29, 1.82) is 0 Å². The topological polar surface area (TPSA) is 47.3 Å². The zero-order valence-electron chi connectivity index (χ0n) is 13.5. The highest BCUT2D eigenvalue weighted by molar-refractivity contribution is 5.41. The van der Waals surface area contributed by atoms with Gasteiger partial charge in [-0.05, 0) is 27.0 Å². The van der Waals surface area contributed by atoms with Crippen molar-refractivity contribution in [2.45, 2.75) is 39.7 Å². The highest BCUT2D eigenvalue weighted by atomic mass is 16.5. The Bertz CT molecular complexity index is 605. The van der Waals surface area contributed by atoms with Crippen LogP contribution in [0, 0.1) is 13.8 Å². The van der Waals surface area contributed by atoms with Gasteiger partial charge in [-0.3, -0.25) is 4.98 Å². The van der Waals surface area contributed by atoms with E-state index in [9.17, 15) is 0 Å². The second-order valence-electron chi connectivity index (χ2n) is 5.24.